The van der Waals surface area contributed by atoms with Crippen LogP contribution in [0.15, 0.2) is 23.4 Å². The van der Waals surface area contributed by atoms with Crippen LogP contribution in [0.3, 0.4) is 0 Å². The molecule has 0 aliphatic carbocycles. The molecule has 0 aliphatic heterocycles. The lowest BCUT2D eigenvalue weighted by atomic mass is 10.5. The van der Waals surface area contributed by atoms with Crippen molar-refractivity contribution in [3.63, 3.8) is 0 Å². The fraction of sp³-hybridized carbons (Fsp3) is 0. The summed E-state index contributed by atoms with van der Waals surface area (Å²) >= 11 is 5.55. The van der Waals surface area contributed by atoms with Gasteiger partial charge in [-0.15, -0.1) is 0 Å². The zero-order valence-corrected chi connectivity index (χ0v) is 6.67. The van der Waals surface area contributed by atoms with Gasteiger partial charge in [0.2, 0.25) is 0 Å². The highest BCUT2D eigenvalue weighted by Gasteiger charge is 1.90. The molecule has 0 amide bonds. The van der Waals surface area contributed by atoms with Gasteiger partial charge < -0.3 is 0 Å². The number of hydrogen-bond acceptors (Lipinski definition) is 2. The van der Waals surface area contributed by atoms with E-state index < -0.39 is 0 Å². The maximum atomic E-state index is 5.55. The van der Waals surface area contributed by atoms with Crippen molar-refractivity contribution < 1.29 is 0 Å². The third-order valence-electron chi connectivity index (χ3n) is 0.779. The van der Waals surface area contributed by atoms with Crippen LogP contribution in [0.4, 0.5) is 0 Å². The molecule has 0 atom stereocenters. The van der Waals surface area contributed by atoms with Crippen molar-refractivity contribution >= 4 is 33.3 Å². The third-order valence-corrected chi connectivity index (χ3v) is 1.88. The summed E-state index contributed by atoms with van der Waals surface area (Å²) < 4.78 is 0. The Hall–Kier alpha value is 0.0800. The summed E-state index contributed by atoms with van der Waals surface area (Å²) in [7, 11) is 6.47. The van der Waals surface area contributed by atoms with Crippen molar-refractivity contribution in [1.29, 1.82) is 0 Å². The Labute approximate surface area is 66.9 Å². The zero-order valence-electron chi connectivity index (χ0n) is 4.34. The molecule has 4 heteroatoms. The standard InChI is InChI=1S/C5H3Cl2NS/c6-4-1-2-5(9-7)8-3-4/h1-3H. The van der Waals surface area contributed by atoms with E-state index in [0.29, 0.717) is 5.02 Å². The van der Waals surface area contributed by atoms with E-state index in [2.05, 4.69) is 4.98 Å². The Morgan fingerprint density at radius 1 is 1.44 bits per heavy atom. The van der Waals surface area contributed by atoms with E-state index in [9.17, 15) is 0 Å². The van der Waals surface area contributed by atoms with E-state index >= 15 is 0 Å². The molecule has 1 nitrogen and oxygen atoms in total. The van der Waals surface area contributed by atoms with Crippen molar-refractivity contribution in [1.82, 2.24) is 4.98 Å². The average molecular weight is 180 g/mol. The van der Waals surface area contributed by atoms with Gasteiger partial charge in [0.05, 0.1) is 5.02 Å². The molecule has 0 bridgehead atoms. The van der Waals surface area contributed by atoms with Crippen molar-refractivity contribution in [3.8, 4) is 0 Å². The predicted octanol–water partition coefficient (Wildman–Crippen LogP) is 2.98. The maximum Gasteiger partial charge on any atom is 0.112 e. The monoisotopic (exact) mass is 179 g/mol. The molecule has 0 unspecified atom stereocenters. The minimum absolute atomic E-state index is 0.629. The largest absolute Gasteiger partial charge is 0.247 e. The number of rotatable bonds is 1. The third kappa shape index (κ3) is 2.05. The Morgan fingerprint density at radius 3 is 2.67 bits per heavy atom. The topological polar surface area (TPSA) is 12.9 Å². The first-order valence-electron chi connectivity index (χ1n) is 2.23. The van der Waals surface area contributed by atoms with Gasteiger partial charge in [0.15, 0.2) is 0 Å². The first-order valence-corrected chi connectivity index (χ1v) is 4.25. The van der Waals surface area contributed by atoms with E-state index in [-0.39, 0.29) is 0 Å². The molecule has 48 valence electrons. The molecule has 0 radical (unpaired) electrons. The van der Waals surface area contributed by atoms with Crippen LogP contribution >= 0.6 is 33.3 Å². The molecule has 0 N–H and O–H groups in total. The Balaban J connectivity index is 2.88. The molecule has 1 aromatic rings. The smallest absolute Gasteiger partial charge is 0.112 e. The van der Waals surface area contributed by atoms with Crippen LogP contribution in [-0.2, 0) is 0 Å². The number of pyridine rings is 1. The van der Waals surface area contributed by atoms with Gasteiger partial charge in [0, 0.05) is 17.2 Å². The highest BCUT2D eigenvalue weighted by Crippen LogP contribution is 2.19. The maximum absolute atomic E-state index is 5.55. The van der Waals surface area contributed by atoms with Gasteiger partial charge in [-0.1, -0.05) is 11.6 Å². The number of halogens is 2. The number of nitrogens with zero attached hydrogens (tertiary/aromatic N) is 1. The average Bonchev–Trinajstić information content (AvgIpc) is 1.90. The van der Waals surface area contributed by atoms with Crippen molar-refractivity contribution in [2.45, 2.75) is 5.03 Å². The van der Waals surface area contributed by atoms with E-state index in [1.165, 1.54) is 0 Å². The molecular weight excluding hydrogens is 177 g/mol. The van der Waals surface area contributed by atoms with Crippen LogP contribution in [0, 0.1) is 0 Å². The Bertz CT molecular complexity index is 187. The number of aromatic nitrogens is 1. The SMILES string of the molecule is ClSc1ccc(Cl)cn1. The lowest BCUT2D eigenvalue weighted by Crippen LogP contribution is -1.72. The lowest BCUT2D eigenvalue weighted by Gasteiger charge is -1.89. The van der Waals surface area contributed by atoms with Crippen LogP contribution in [0.25, 0.3) is 0 Å². The molecule has 1 rings (SSSR count). The highest BCUT2D eigenvalue weighted by molar-refractivity contribution is 8.21. The second-order valence-corrected chi connectivity index (χ2v) is 2.86. The molecule has 0 saturated heterocycles. The minimum atomic E-state index is 0.629. The molecule has 0 spiro atoms. The van der Waals surface area contributed by atoms with Crippen LogP contribution in [-0.4, -0.2) is 4.98 Å². The second-order valence-electron chi connectivity index (χ2n) is 1.39. The van der Waals surface area contributed by atoms with Crippen molar-refractivity contribution in [2.75, 3.05) is 0 Å². The first-order chi connectivity index (χ1) is 4.33. The summed E-state index contributed by atoms with van der Waals surface area (Å²) in [6.07, 6.45) is 1.56. The summed E-state index contributed by atoms with van der Waals surface area (Å²) in [5, 5.41) is 1.39. The molecule has 0 saturated carbocycles. The van der Waals surface area contributed by atoms with Gasteiger partial charge in [-0.3, -0.25) is 0 Å². The van der Waals surface area contributed by atoms with Gasteiger partial charge in [0.1, 0.15) is 5.03 Å². The fourth-order valence-corrected chi connectivity index (χ4v) is 1.01. The van der Waals surface area contributed by atoms with Gasteiger partial charge in [-0.25, -0.2) is 4.98 Å². The quantitative estimate of drug-likeness (QED) is 0.658. The molecule has 1 aromatic heterocycles. The molecule has 0 aromatic carbocycles. The Kier molecular flexibility index (Phi) is 2.64. The van der Waals surface area contributed by atoms with E-state index in [4.69, 9.17) is 22.3 Å². The van der Waals surface area contributed by atoms with Crippen molar-refractivity contribution in [3.05, 3.63) is 23.4 Å². The molecular formula is C5H3Cl2NS. The van der Waals surface area contributed by atoms with Gasteiger partial charge in [-0.05, 0) is 22.8 Å². The zero-order chi connectivity index (χ0) is 6.69. The van der Waals surface area contributed by atoms with E-state index in [0.717, 1.165) is 16.0 Å². The van der Waals surface area contributed by atoms with Gasteiger partial charge >= 0.3 is 0 Å². The molecule has 0 aliphatic rings. The minimum Gasteiger partial charge on any atom is -0.247 e. The first kappa shape index (κ1) is 7.19. The van der Waals surface area contributed by atoms with E-state index in [1.807, 2.05) is 0 Å². The predicted molar refractivity (Wildman–Crippen MR) is 41.0 cm³/mol. The molecule has 9 heavy (non-hydrogen) atoms. The normalized spacial score (nSPS) is 9.56. The summed E-state index contributed by atoms with van der Waals surface area (Å²) in [4.78, 5) is 3.90. The fourth-order valence-electron chi connectivity index (χ4n) is 0.408. The Morgan fingerprint density at radius 2 is 2.22 bits per heavy atom. The summed E-state index contributed by atoms with van der Waals surface area (Å²) in [6, 6.07) is 3.51. The van der Waals surface area contributed by atoms with Crippen LogP contribution < -0.4 is 0 Å². The van der Waals surface area contributed by atoms with Gasteiger partial charge in [-0.2, -0.15) is 0 Å². The van der Waals surface area contributed by atoms with Crippen LogP contribution in [0.5, 0.6) is 0 Å². The second kappa shape index (κ2) is 3.30. The van der Waals surface area contributed by atoms with Crippen LogP contribution in [0.1, 0.15) is 0 Å². The van der Waals surface area contributed by atoms with Gasteiger partial charge in [0.25, 0.3) is 0 Å². The lowest BCUT2D eigenvalue weighted by molar-refractivity contribution is 1.14. The summed E-state index contributed by atoms with van der Waals surface area (Å²) in [5.74, 6) is 0. The van der Waals surface area contributed by atoms with Crippen molar-refractivity contribution in [2.24, 2.45) is 0 Å². The number of hydrogen-bond donors (Lipinski definition) is 0. The summed E-state index contributed by atoms with van der Waals surface area (Å²) in [5.41, 5.74) is 0. The molecule has 0 fully saturated rings. The van der Waals surface area contributed by atoms with E-state index in [1.54, 1.807) is 18.3 Å². The highest BCUT2D eigenvalue weighted by atomic mass is 35.7. The molecule has 1 heterocycles. The van der Waals surface area contributed by atoms with Crippen LogP contribution in [0.2, 0.25) is 5.02 Å². The summed E-state index contributed by atoms with van der Waals surface area (Å²) in [6.45, 7) is 0.